The lowest BCUT2D eigenvalue weighted by Crippen LogP contribution is -2.14. The van der Waals surface area contributed by atoms with Crippen LogP contribution in [0.3, 0.4) is 0 Å². The maximum atomic E-state index is 13.1. The summed E-state index contributed by atoms with van der Waals surface area (Å²) in [7, 11) is 1.60. The van der Waals surface area contributed by atoms with Gasteiger partial charge in [0.25, 0.3) is 5.89 Å². The molecule has 0 saturated carbocycles. The third kappa shape index (κ3) is 4.52. The van der Waals surface area contributed by atoms with E-state index in [2.05, 4.69) is 15.5 Å². The van der Waals surface area contributed by atoms with Crippen molar-refractivity contribution in [3.63, 3.8) is 0 Å². The topological polar surface area (TPSA) is 77.2 Å². The Morgan fingerprint density at radius 2 is 1.63 bits per heavy atom. The average Bonchev–Trinajstić information content (AvgIpc) is 3.25. The van der Waals surface area contributed by atoms with Crippen molar-refractivity contribution in [1.82, 2.24) is 10.1 Å². The molecule has 0 aliphatic rings. The van der Waals surface area contributed by atoms with Gasteiger partial charge in [-0.05, 0) is 66.2 Å². The zero-order valence-electron chi connectivity index (χ0n) is 16.1. The number of ether oxygens (including phenoxy) is 1. The van der Waals surface area contributed by atoms with Gasteiger partial charge in [-0.25, -0.2) is 4.39 Å². The van der Waals surface area contributed by atoms with E-state index < -0.39 is 0 Å². The van der Waals surface area contributed by atoms with Crippen LogP contribution in [0.4, 0.5) is 10.1 Å². The minimum atomic E-state index is -0.330. The maximum Gasteiger partial charge on any atom is 0.258 e. The van der Waals surface area contributed by atoms with E-state index in [1.165, 1.54) is 12.1 Å². The quantitative estimate of drug-likeness (QED) is 0.504. The molecule has 1 amide bonds. The Balaban J connectivity index is 1.40. The second-order valence-electron chi connectivity index (χ2n) is 6.58. The van der Waals surface area contributed by atoms with Gasteiger partial charge in [-0.15, -0.1) is 0 Å². The Morgan fingerprint density at radius 1 is 0.967 bits per heavy atom. The van der Waals surface area contributed by atoms with E-state index in [-0.39, 0.29) is 18.1 Å². The van der Waals surface area contributed by atoms with Gasteiger partial charge in [0.1, 0.15) is 11.6 Å². The number of amides is 1. The van der Waals surface area contributed by atoms with Crippen LogP contribution >= 0.6 is 0 Å². The Morgan fingerprint density at radius 3 is 2.30 bits per heavy atom. The molecule has 7 heteroatoms. The van der Waals surface area contributed by atoms with E-state index in [0.29, 0.717) is 23.0 Å². The molecule has 0 spiro atoms. The molecule has 0 atom stereocenters. The maximum absolute atomic E-state index is 13.1. The molecule has 0 radical (unpaired) electrons. The van der Waals surface area contributed by atoms with E-state index in [1.54, 1.807) is 43.5 Å². The zero-order chi connectivity index (χ0) is 20.9. The van der Waals surface area contributed by atoms with Crippen LogP contribution in [0, 0.1) is 5.82 Å². The van der Waals surface area contributed by atoms with E-state index in [1.807, 2.05) is 24.3 Å². The summed E-state index contributed by atoms with van der Waals surface area (Å²) in [6.45, 7) is 0. The molecule has 30 heavy (non-hydrogen) atoms. The number of hydrogen-bond acceptors (Lipinski definition) is 5. The van der Waals surface area contributed by atoms with Crippen LogP contribution in [-0.2, 0) is 11.2 Å². The summed E-state index contributed by atoms with van der Waals surface area (Å²) in [6.07, 6.45) is 0.262. The molecule has 0 fully saturated rings. The van der Waals surface area contributed by atoms with Gasteiger partial charge < -0.3 is 14.6 Å². The molecule has 3 aromatic carbocycles. The second kappa shape index (κ2) is 8.57. The van der Waals surface area contributed by atoms with Crippen molar-refractivity contribution in [2.24, 2.45) is 0 Å². The van der Waals surface area contributed by atoms with Gasteiger partial charge in [-0.3, -0.25) is 4.79 Å². The van der Waals surface area contributed by atoms with Crippen LogP contribution in [0.5, 0.6) is 5.75 Å². The Labute approximate surface area is 172 Å². The average molecular weight is 403 g/mol. The zero-order valence-corrected chi connectivity index (χ0v) is 16.1. The molecule has 1 aromatic heterocycles. The molecule has 6 nitrogen and oxygen atoms in total. The van der Waals surface area contributed by atoms with Gasteiger partial charge in [-0.2, -0.15) is 4.98 Å². The van der Waals surface area contributed by atoms with Gasteiger partial charge >= 0.3 is 0 Å². The second-order valence-corrected chi connectivity index (χ2v) is 6.58. The molecule has 4 rings (SSSR count). The first-order chi connectivity index (χ1) is 14.6. The number of nitrogens with one attached hydrogen (secondary N) is 1. The Bertz CT molecular complexity index is 1140. The number of nitrogens with zero attached hydrogens (tertiary/aromatic N) is 2. The molecule has 0 bridgehead atoms. The Kier molecular flexibility index (Phi) is 5.52. The lowest BCUT2D eigenvalue weighted by Gasteiger charge is -2.06. The van der Waals surface area contributed by atoms with E-state index in [0.717, 1.165) is 16.9 Å². The number of methoxy groups -OCH3 is 1. The summed E-state index contributed by atoms with van der Waals surface area (Å²) < 4.78 is 23.4. The van der Waals surface area contributed by atoms with Crippen molar-refractivity contribution in [3.05, 3.63) is 84.2 Å². The van der Waals surface area contributed by atoms with Crippen LogP contribution in [0.1, 0.15) is 5.56 Å². The van der Waals surface area contributed by atoms with Crippen LogP contribution in [0.2, 0.25) is 0 Å². The standard InChI is InChI=1S/C23H18FN3O3/c1-29-20-12-2-15(3-13-20)14-21(28)25-19-10-6-16(7-11-19)22-26-23(30-27-22)17-4-8-18(24)9-5-17/h2-13H,14H2,1H3,(H,25,28). The highest BCUT2D eigenvalue weighted by Crippen LogP contribution is 2.23. The lowest BCUT2D eigenvalue weighted by atomic mass is 10.1. The van der Waals surface area contributed by atoms with Crippen LogP contribution in [0.25, 0.3) is 22.8 Å². The SMILES string of the molecule is COc1ccc(CC(=O)Nc2ccc(-c3noc(-c4ccc(F)cc4)n3)cc2)cc1. The summed E-state index contributed by atoms with van der Waals surface area (Å²) >= 11 is 0. The minimum absolute atomic E-state index is 0.119. The number of halogens is 1. The predicted octanol–water partition coefficient (Wildman–Crippen LogP) is 4.73. The highest BCUT2D eigenvalue weighted by atomic mass is 19.1. The first-order valence-corrected chi connectivity index (χ1v) is 9.23. The number of carbonyl (C=O) groups is 1. The number of hydrogen-bond donors (Lipinski definition) is 1. The van der Waals surface area contributed by atoms with Crippen LogP contribution in [-0.4, -0.2) is 23.2 Å². The highest BCUT2D eigenvalue weighted by molar-refractivity contribution is 5.92. The molecule has 1 N–H and O–H groups in total. The van der Waals surface area contributed by atoms with Crippen molar-refractivity contribution < 1.29 is 18.4 Å². The first-order valence-electron chi connectivity index (χ1n) is 9.23. The van der Waals surface area contributed by atoms with Gasteiger partial charge in [0.2, 0.25) is 11.7 Å². The summed E-state index contributed by atoms with van der Waals surface area (Å²) in [4.78, 5) is 16.6. The van der Waals surface area contributed by atoms with Crippen molar-refractivity contribution in [2.75, 3.05) is 12.4 Å². The third-order valence-electron chi connectivity index (χ3n) is 4.47. The van der Waals surface area contributed by atoms with Gasteiger partial charge in [0.05, 0.1) is 13.5 Å². The van der Waals surface area contributed by atoms with Gasteiger partial charge in [0, 0.05) is 16.8 Å². The number of benzene rings is 3. The molecule has 1 heterocycles. The predicted molar refractivity (Wildman–Crippen MR) is 110 cm³/mol. The van der Waals surface area contributed by atoms with Crippen molar-refractivity contribution in [3.8, 4) is 28.6 Å². The largest absolute Gasteiger partial charge is 0.497 e. The van der Waals surface area contributed by atoms with E-state index >= 15 is 0 Å². The first kappa shape index (κ1) is 19.3. The molecular formula is C23H18FN3O3. The fraction of sp³-hybridized carbons (Fsp3) is 0.0870. The molecule has 150 valence electrons. The Hall–Kier alpha value is -4.00. The van der Waals surface area contributed by atoms with Crippen molar-refractivity contribution in [2.45, 2.75) is 6.42 Å². The monoisotopic (exact) mass is 403 g/mol. The number of rotatable bonds is 6. The molecule has 0 saturated heterocycles. The summed E-state index contributed by atoms with van der Waals surface area (Å²) in [5.74, 6) is 1.01. The summed E-state index contributed by atoms with van der Waals surface area (Å²) in [5, 5.41) is 6.83. The van der Waals surface area contributed by atoms with E-state index in [9.17, 15) is 9.18 Å². The molecule has 4 aromatic rings. The number of anilines is 1. The smallest absolute Gasteiger partial charge is 0.258 e. The molecule has 0 aliphatic carbocycles. The third-order valence-corrected chi connectivity index (χ3v) is 4.47. The lowest BCUT2D eigenvalue weighted by molar-refractivity contribution is -0.115. The summed E-state index contributed by atoms with van der Waals surface area (Å²) in [6, 6.07) is 20.3. The van der Waals surface area contributed by atoms with Gasteiger partial charge in [0.15, 0.2) is 0 Å². The van der Waals surface area contributed by atoms with Crippen LogP contribution in [0.15, 0.2) is 77.3 Å². The number of aromatic nitrogens is 2. The summed E-state index contributed by atoms with van der Waals surface area (Å²) in [5.41, 5.74) is 2.93. The number of carbonyl (C=O) groups excluding carboxylic acids is 1. The minimum Gasteiger partial charge on any atom is -0.497 e. The van der Waals surface area contributed by atoms with Crippen molar-refractivity contribution in [1.29, 1.82) is 0 Å². The molecule has 0 unspecified atom stereocenters. The highest BCUT2D eigenvalue weighted by Gasteiger charge is 2.11. The fourth-order valence-corrected chi connectivity index (χ4v) is 2.89. The molecular weight excluding hydrogens is 385 g/mol. The van der Waals surface area contributed by atoms with Gasteiger partial charge in [-0.1, -0.05) is 17.3 Å². The normalized spacial score (nSPS) is 10.6. The fourth-order valence-electron chi connectivity index (χ4n) is 2.89. The molecule has 0 aliphatic heterocycles. The van der Waals surface area contributed by atoms with E-state index in [4.69, 9.17) is 9.26 Å². The van der Waals surface area contributed by atoms with Crippen LogP contribution < -0.4 is 10.1 Å². The van der Waals surface area contributed by atoms with Crippen molar-refractivity contribution >= 4 is 11.6 Å².